The Labute approximate surface area is 233 Å². The maximum absolute atomic E-state index is 13.5. The Bertz CT molecular complexity index is 1090. The van der Waals surface area contributed by atoms with Crippen molar-refractivity contribution in [1.29, 1.82) is 0 Å². The van der Waals surface area contributed by atoms with Gasteiger partial charge in [0, 0.05) is 32.4 Å². The van der Waals surface area contributed by atoms with E-state index in [1.807, 2.05) is 70.2 Å². The van der Waals surface area contributed by atoms with E-state index in [-0.39, 0.29) is 36.7 Å². The first-order valence-electron chi connectivity index (χ1n) is 13.9. The second kappa shape index (κ2) is 14.7. The number of benzene rings is 2. The molecule has 0 unspecified atom stereocenters. The topological polar surface area (TPSA) is 91.0 Å². The highest BCUT2D eigenvalue weighted by Gasteiger charge is 2.29. The number of Topliss-reactive ketones (excluding diaryl/α,β-unsaturated/α-hetero) is 1. The van der Waals surface area contributed by atoms with Gasteiger partial charge in [-0.3, -0.25) is 14.5 Å². The first kappa shape index (κ1) is 30.2. The van der Waals surface area contributed by atoms with Gasteiger partial charge in [-0.05, 0) is 41.9 Å². The van der Waals surface area contributed by atoms with Crippen LogP contribution in [0.4, 0.5) is 10.5 Å². The maximum atomic E-state index is 13.5. The summed E-state index contributed by atoms with van der Waals surface area (Å²) in [4.78, 5) is 43.8. The molecule has 2 atom stereocenters. The van der Waals surface area contributed by atoms with Crippen LogP contribution in [0.2, 0.25) is 0 Å². The number of ether oxygens (including phenoxy) is 1. The molecule has 0 bridgehead atoms. The Morgan fingerprint density at radius 2 is 1.49 bits per heavy atom. The number of nitrogens with one attached hydrogen (secondary N) is 2. The number of rotatable bonds is 12. The van der Waals surface area contributed by atoms with Crippen molar-refractivity contribution in [3.8, 4) is 0 Å². The SMILES string of the molecule is CC(C)C[C@H](NC(=O)[C@H](CC(C)C)NC(=O)OCc1ccccc1)C(=O)CN1CCN(C)c2ccccc2C1. The zero-order valence-electron chi connectivity index (χ0n) is 24.0. The number of amides is 2. The minimum Gasteiger partial charge on any atom is -0.445 e. The summed E-state index contributed by atoms with van der Waals surface area (Å²) in [5.41, 5.74) is 3.23. The lowest BCUT2D eigenvalue weighted by Gasteiger charge is -2.27. The van der Waals surface area contributed by atoms with Crippen molar-refractivity contribution in [1.82, 2.24) is 15.5 Å². The van der Waals surface area contributed by atoms with Gasteiger partial charge in [0.05, 0.1) is 12.6 Å². The molecular weight excluding hydrogens is 492 g/mol. The summed E-state index contributed by atoms with van der Waals surface area (Å²) in [7, 11) is 2.07. The molecule has 0 radical (unpaired) electrons. The summed E-state index contributed by atoms with van der Waals surface area (Å²) in [6.07, 6.45) is 0.310. The Hall–Kier alpha value is -3.39. The molecule has 0 fully saturated rings. The Kier molecular flexibility index (Phi) is 11.3. The predicted molar refractivity (Wildman–Crippen MR) is 154 cm³/mol. The number of likely N-dealkylation sites (N-methyl/N-ethyl adjacent to an activating group) is 1. The van der Waals surface area contributed by atoms with Gasteiger partial charge in [0.15, 0.2) is 5.78 Å². The van der Waals surface area contributed by atoms with Gasteiger partial charge in [-0.1, -0.05) is 76.2 Å². The molecule has 0 aromatic heterocycles. The second-order valence-corrected chi connectivity index (χ2v) is 11.3. The monoisotopic (exact) mass is 536 g/mol. The molecular formula is C31H44N4O4. The largest absolute Gasteiger partial charge is 0.445 e. The van der Waals surface area contributed by atoms with Crippen LogP contribution in [0.3, 0.4) is 0 Å². The third-order valence-corrected chi connectivity index (χ3v) is 6.87. The molecule has 212 valence electrons. The number of carbonyl (C=O) groups excluding carboxylic acids is 3. The van der Waals surface area contributed by atoms with Crippen molar-refractivity contribution in [3.05, 3.63) is 65.7 Å². The standard InChI is InChI=1S/C31H44N4O4/c1-22(2)17-26(29(36)20-35-16-15-34(5)28-14-10-9-13-25(28)19-35)32-30(37)27(18-23(3)4)33-31(38)39-21-24-11-7-6-8-12-24/h6-14,22-23,26-27H,15-21H2,1-5H3,(H,32,37)(H,33,38)/t26-,27-/m0/s1. The smallest absolute Gasteiger partial charge is 0.408 e. The molecule has 2 aromatic rings. The summed E-state index contributed by atoms with van der Waals surface area (Å²) in [6, 6.07) is 16.2. The molecule has 0 saturated heterocycles. The quantitative estimate of drug-likeness (QED) is 0.418. The molecule has 0 spiro atoms. The van der Waals surface area contributed by atoms with Gasteiger partial charge in [-0.25, -0.2) is 4.79 Å². The molecule has 8 heteroatoms. The van der Waals surface area contributed by atoms with Crippen molar-refractivity contribution in [3.63, 3.8) is 0 Å². The van der Waals surface area contributed by atoms with Crippen molar-refractivity contribution in [2.75, 3.05) is 31.6 Å². The average molecular weight is 537 g/mol. The number of nitrogens with zero attached hydrogens (tertiary/aromatic N) is 2. The Morgan fingerprint density at radius 1 is 0.846 bits per heavy atom. The Balaban J connectivity index is 1.64. The first-order valence-corrected chi connectivity index (χ1v) is 13.9. The number of alkyl carbamates (subject to hydrolysis) is 1. The average Bonchev–Trinajstić information content (AvgIpc) is 3.05. The molecule has 0 aliphatic carbocycles. The van der Waals surface area contributed by atoms with E-state index in [2.05, 4.69) is 39.6 Å². The molecule has 2 N–H and O–H groups in total. The van der Waals surface area contributed by atoms with Crippen LogP contribution in [-0.2, 0) is 27.5 Å². The highest BCUT2D eigenvalue weighted by Crippen LogP contribution is 2.23. The van der Waals surface area contributed by atoms with Gasteiger partial charge in [0.1, 0.15) is 12.6 Å². The molecule has 1 aliphatic rings. The fourth-order valence-corrected chi connectivity index (χ4v) is 4.84. The highest BCUT2D eigenvalue weighted by atomic mass is 16.5. The van der Waals surface area contributed by atoms with Crippen LogP contribution in [0, 0.1) is 11.8 Å². The molecule has 39 heavy (non-hydrogen) atoms. The highest BCUT2D eigenvalue weighted by molar-refractivity contribution is 5.93. The lowest BCUT2D eigenvalue weighted by atomic mass is 9.98. The van der Waals surface area contributed by atoms with E-state index < -0.39 is 18.2 Å². The third-order valence-electron chi connectivity index (χ3n) is 6.87. The van der Waals surface area contributed by atoms with Crippen LogP contribution in [-0.4, -0.2) is 61.4 Å². The van der Waals surface area contributed by atoms with Crippen LogP contribution in [0.1, 0.15) is 51.7 Å². The van der Waals surface area contributed by atoms with Crippen molar-refractivity contribution >= 4 is 23.5 Å². The first-order chi connectivity index (χ1) is 18.6. The molecule has 2 aromatic carbocycles. The molecule has 1 aliphatic heterocycles. The van der Waals surface area contributed by atoms with Gasteiger partial charge in [0.2, 0.25) is 5.91 Å². The molecule has 1 heterocycles. The van der Waals surface area contributed by atoms with E-state index in [9.17, 15) is 14.4 Å². The zero-order chi connectivity index (χ0) is 28.4. The van der Waals surface area contributed by atoms with Crippen LogP contribution in [0.15, 0.2) is 54.6 Å². The number of fused-ring (bicyclic) bond motifs is 1. The zero-order valence-corrected chi connectivity index (χ0v) is 24.0. The number of hydrogen-bond donors (Lipinski definition) is 2. The number of hydrogen-bond acceptors (Lipinski definition) is 6. The summed E-state index contributed by atoms with van der Waals surface area (Å²) in [6.45, 7) is 10.7. The molecule has 2 amide bonds. The van der Waals surface area contributed by atoms with Crippen molar-refractivity contribution in [2.24, 2.45) is 11.8 Å². The van der Waals surface area contributed by atoms with Gasteiger partial charge in [0.25, 0.3) is 0 Å². The second-order valence-electron chi connectivity index (χ2n) is 11.3. The summed E-state index contributed by atoms with van der Waals surface area (Å²) in [5, 5.41) is 5.69. The fraction of sp³-hybridized carbons (Fsp3) is 0.516. The van der Waals surface area contributed by atoms with Crippen LogP contribution < -0.4 is 15.5 Å². The Morgan fingerprint density at radius 3 is 2.18 bits per heavy atom. The molecule has 8 nitrogen and oxygen atoms in total. The van der Waals surface area contributed by atoms with E-state index in [4.69, 9.17) is 4.74 Å². The summed E-state index contributed by atoms with van der Waals surface area (Å²) in [5.74, 6) is -0.0134. The minimum absolute atomic E-state index is 0.0194. The van der Waals surface area contributed by atoms with Crippen LogP contribution >= 0.6 is 0 Å². The van der Waals surface area contributed by atoms with Crippen molar-refractivity contribution < 1.29 is 19.1 Å². The van der Waals surface area contributed by atoms with Crippen LogP contribution in [0.5, 0.6) is 0 Å². The number of para-hydroxylation sites is 1. The number of carbonyl (C=O) groups is 3. The van der Waals surface area contributed by atoms with E-state index in [1.165, 1.54) is 11.3 Å². The van der Waals surface area contributed by atoms with Gasteiger partial charge in [-0.2, -0.15) is 0 Å². The predicted octanol–water partition coefficient (Wildman–Crippen LogP) is 4.38. The number of ketones is 1. The van der Waals surface area contributed by atoms with E-state index in [0.29, 0.717) is 19.4 Å². The van der Waals surface area contributed by atoms with E-state index in [0.717, 1.165) is 18.7 Å². The summed E-state index contributed by atoms with van der Waals surface area (Å²) < 4.78 is 5.35. The molecule has 3 rings (SSSR count). The lowest BCUT2D eigenvalue weighted by Crippen LogP contribution is -2.53. The lowest BCUT2D eigenvalue weighted by molar-refractivity contribution is -0.130. The van der Waals surface area contributed by atoms with Gasteiger partial charge < -0.3 is 20.3 Å². The van der Waals surface area contributed by atoms with E-state index in [1.54, 1.807) is 0 Å². The van der Waals surface area contributed by atoms with E-state index >= 15 is 0 Å². The van der Waals surface area contributed by atoms with Gasteiger partial charge in [-0.15, -0.1) is 0 Å². The fourth-order valence-electron chi connectivity index (χ4n) is 4.84. The van der Waals surface area contributed by atoms with Crippen molar-refractivity contribution in [2.45, 2.75) is 65.8 Å². The van der Waals surface area contributed by atoms with Gasteiger partial charge >= 0.3 is 6.09 Å². The third kappa shape index (κ3) is 9.70. The minimum atomic E-state index is -0.797. The summed E-state index contributed by atoms with van der Waals surface area (Å²) >= 11 is 0. The maximum Gasteiger partial charge on any atom is 0.408 e. The van der Waals surface area contributed by atoms with Crippen LogP contribution in [0.25, 0.3) is 0 Å². The number of anilines is 1. The normalized spacial score (nSPS) is 15.3. The molecule has 0 saturated carbocycles.